The molecule has 0 aromatic heterocycles. The minimum absolute atomic E-state index is 0.118. The standard InChI is InChI=1S/C19H18Cl4O2/c1-10-3-2-4-19(9-10,11-5-13(20)17(24)14(21)6-11)12-7-15(22)18(25)16(23)8-12/h5-8,10,24-25H,2-4,9H2,1H3. The molecule has 1 fully saturated rings. The molecule has 1 atom stereocenters. The van der Waals surface area contributed by atoms with Crippen molar-refractivity contribution in [3.8, 4) is 11.5 Å². The van der Waals surface area contributed by atoms with E-state index in [1.807, 2.05) is 0 Å². The lowest BCUT2D eigenvalue weighted by Crippen LogP contribution is -2.33. The second-order valence-corrected chi connectivity index (χ2v) is 8.49. The number of hydrogen-bond donors (Lipinski definition) is 2. The first kappa shape index (κ1) is 19.0. The average molecular weight is 420 g/mol. The van der Waals surface area contributed by atoms with Gasteiger partial charge in [-0.3, -0.25) is 0 Å². The van der Waals surface area contributed by atoms with Gasteiger partial charge in [-0.25, -0.2) is 0 Å². The normalized spacial score (nSPS) is 19.8. The largest absolute Gasteiger partial charge is 0.505 e. The van der Waals surface area contributed by atoms with Gasteiger partial charge in [-0.1, -0.05) is 66.2 Å². The molecule has 3 rings (SSSR count). The molecule has 0 spiro atoms. The Labute approximate surface area is 167 Å². The van der Waals surface area contributed by atoms with Gasteiger partial charge in [0.15, 0.2) is 11.5 Å². The Hall–Kier alpha value is -0.800. The second kappa shape index (κ2) is 7.08. The van der Waals surface area contributed by atoms with Crippen LogP contribution < -0.4 is 0 Å². The summed E-state index contributed by atoms with van der Waals surface area (Å²) in [4.78, 5) is 0. The lowest BCUT2D eigenvalue weighted by atomic mass is 9.62. The van der Waals surface area contributed by atoms with Crippen LogP contribution >= 0.6 is 46.4 Å². The van der Waals surface area contributed by atoms with Gasteiger partial charge in [0.2, 0.25) is 0 Å². The fourth-order valence-electron chi connectivity index (χ4n) is 3.93. The number of hydrogen-bond acceptors (Lipinski definition) is 2. The van der Waals surface area contributed by atoms with Crippen molar-refractivity contribution < 1.29 is 10.2 Å². The summed E-state index contributed by atoms with van der Waals surface area (Å²) in [6, 6.07) is 7.04. The van der Waals surface area contributed by atoms with Crippen molar-refractivity contribution in [3.05, 3.63) is 55.5 Å². The Kier molecular flexibility index (Phi) is 5.37. The van der Waals surface area contributed by atoms with Crippen molar-refractivity contribution in [2.75, 3.05) is 0 Å². The molecule has 25 heavy (non-hydrogen) atoms. The molecule has 2 aromatic rings. The Bertz CT molecular complexity index is 716. The Morgan fingerprint density at radius 1 is 0.840 bits per heavy atom. The molecule has 1 aliphatic carbocycles. The van der Waals surface area contributed by atoms with Crippen molar-refractivity contribution in [1.82, 2.24) is 0 Å². The highest BCUT2D eigenvalue weighted by atomic mass is 35.5. The van der Waals surface area contributed by atoms with Crippen molar-refractivity contribution in [3.63, 3.8) is 0 Å². The Morgan fingerprint density at radius 3 is 1.60 bits per heavy atom. The quantitative estimate of drug-likeness (QED) is 0.539. The molecular weight excluding hydrogens is 402 g/mol. The number of phenolic OH excluding ortho intramolecular Hbond substituents is 2. The zero-order valence-corrected chi connectivity index (χ0v) is 16.6. The van der Waals surface area contributed by atoms with Crippen LogP contribution in [-0.4, -0.2) is 10.2 Å². The van der Waals surface area contributed by atoms with Crippen LogP contribution in [0.2, 0.25) is 20.1 Å². The molecule has 0 aliphatic heterocycles. The first-order valence-electron chi connectivity index (χ1n) is 8.11. The van der Waals surface area contributed by atoms with Crippen LogP contribution in [0, 0.1) is 5.92 Å². The van der Waals surface area contributed by atoms with Crippen molar-refractivity contribution in [1.29, 1.82) is 0 Å². The molecule has 1 unspecified atom stereocenters. The molecule has 2 aromatic carbocycles. The van der Waals surface area contributed by atoms with Gasteiger partial charge < -0.3 is 10.2 Å². The molecular formula is C19H18Cl4O2. The first-order chi connectivity index (χ1) is 11.7. The fourth-order valence-corrected chi connectivity index (χ4v) is 4.90. The SMILES string of the molecule is CC1CCCC(c2cc(Cl)c(O)c(Cl)c2)(c2cc(Cl)c(O)c(Cl)c2)C1. The highest BCUT2D eigenvalue weighted by Crippen LogP contribution is 2.51. The molecule has 0 amide bonds. The van der Waals surface area contributed by atoms with Gasteiger partial charge in [-0.05, 0) is 54.2 Å². The summed E-state index contributed by atoms with van der Waals surface area (Å²) in [7, 11) is 0. The second-order valence-electron chi connectivity index (χ2n) is 6.86. The highest BCUT2D eigenvalue weighted by Gasteiger charge is 2.39. The molecule has 1 aliphatic rings. The van der Waals surface area contributed by atoms with E-state index in [1.165, 1.54) is 0 Å². The zero-order chi connectivity index (χ0) is 18.4. The lowest BCUT2D eigenvalue weighted by molar-refractivity contribution is 0.272. The van der Waals surface area contributed by atoms with Crippen molar-refractivity contribution in [2.24, 2.45) is 5.92 Å². The van der Waals surface area contributed by atoms with Crippen LogP contribution in [0.4, 0.5) is 0 Å². The van der Waals surface area contributed by atoms with E-state index >= 15 is 0 Å². The van der Waals surface area contributed by atoms with Gasteiger partial charge in [0.1, 0.15) is 0 Å². The summed E-state index contributed by atoms with van der Waals surface area (Å²) in [5.74, 6) is 0.257. The lowest BCUT2D eigenvalue weighted by Gasteiger charge is -2.41. The minimum atomic E-state index is -0.375. The number of halogens is 4. The van der Waals surface area contributed by atoms with E-state index in [4.69, 9.17) is 46.4 Å². The van der Waals surface area contributed by atoms with Crippen LogP contribution in [0.5, 0.6) is 11.5 Å². The number of rotatable bonds is 2. The summed E-state index contributed by atoms with van der Waals surface area (Å²) in [6.07, 6.45) is 3.93. The summed E-state index contributed by atoms with van der Waals surface area (Å²) < 4.78 is 0. The maximum atomic E-state index is 9.92. The predicted octanol–water partition coefficient (Wildman–Crippen LogP) is 7.21. The molecule has 0 bridgehead atoms. The predicted molar refractivity (Wildman–Crippen MR) is 105 cm³/mol. The molecule has 0 heterocycles. The molecule has 134 valence electrons. The third kappa shape index (κ3) is 3.42. The first-order valence-corrected chi connectivity index (χ1v) is 9.63. The Balaban J connectivity index is 2.25. The molecule has 2 nitrogen and oxygen atoms in total. The van der Waals surface area contributed by atoms with Crippen molar-refractivity contribution >= 4 is 46.4 Å². The zero-order valence-electron chi connectivity index (χ0n) is 13.6. The number of benzene rings is 2. The van der Waals surface area contributed by atoms with Gasteiger partial charge in [-0.15, -0.1) is 0 Å². The maximum Gasteiger partial charge on any atom is 0.152 e. The van der Waals surface area contributed by atoms with Crippen LogP contribution in [0.25, 0.3) is 0 Å². The highest BCUT2D eigenvalue weighted by molar-refractivity contribution is 6.37. The van der Waals surface area contributed by atoms with Crippen LogP contribution in [0.15, 0.2) is 24.3 Å². The molecule has 0 radical (unpaired) electrons. The smallest absolute Gasteiger partial charge is 0.152 e. The van der Waals surface area contributed by atoms with Gasteiger partial charge in [0.25, 0.3) is 0 Å². The third-order valence-corrected chi connectivity index (χ3v) is 6.29. The van der Waals surface area contributed by atoms with Crippen molar-refractivity contribution in [2.45, 2.75) is 38.0 Å². The van der Waals surface area contributed by atoms with Crippen LogP contribution in [-0.2, 0) is 5.41 Å². The Morgan fingerprint density at radius 2 is 1.24 bits per heavy atom. The number of aromatic hydroxyl groups is 2. The van der Waals surface area contributed by atoms with E-state index in [1.54, 1.807) is 24.3 Å². The van der Waals surface area contributed by atoms with E-state index in [0.717, 1.165) is 36.8 Å². The molecule has 0 saturated heterocycles. The maximum absolute atomic E-state index is 9.92. The summed E-state index contributed by atoms with van der Waals surface area (Å²) in [6.45, 7) is 2.21. The number of phenols is 2. The van der Waals surface area contributed by atoms with Gasteiger partial charge in [0.05, 0.1) is 20.1 Å². The summed E-state index contributed by atoms with van der Waals surface area (Å²) in [5.41, 5.74) is 1.47. The minimum Gasteiger partial charge on any atom is -0.505 e. The van der Waals surface area contributed by atoms with Crippen LogP contribution in [0.1, 0.15) is 43.7 Å². The van der Waals surface area contributed by atoms with Crippen LogP contribution in [0.3, 0.4) is 0 Å². The van der Waals surface area contributed by atoms with E-state index in [9.17, 15) is 10.2 Å². The van der Waals surface area contributed by atoms with Gasteiger partial charge in [0, 0.05) is 5.41 Å². The fraction of sp³-hybridized carbons (Fsp3) is 0.368. The topological polar surface area (TPSA) is 40.5 Å². The van der Waals surface area contributed by atoms with Gasteiger partial charge >= 0.3 is 0 Å². The van der Waals surface area contributed by atoms with E-state index < -0.39 is 0 Å². The average Bonchev–Trinajstić information content (AvgIpc) is 2.56. The summed E-state index contributed by atoms with van der Waals surface area (Å²) in [5, 5.41) is 20.7. The third-order valence-electron chi connectivity index (χ3n) is 5.14. The molecule has 6 heteroatoms. The summed E-state index contributed by atoms with van der Waals surface area (Å²) >= 11 is 24.7. The monoisotopic (exact) mass is 418 g/mol. The van der Waals surface area contributed by atoms with E-state index in [-0.39, 0.29) is 37.0 Å². The molecule has 2 N–H and O–H groups in total. The molecule has 1 saturated carbocycles. The van der Waals surface area contributed by atoms with Gasteiger partial charge in [-0.2, -0.15) is 0 Å². The van der Waals surface area contributed by atoms with E-state index in [2.05, 4.69) is 6.92 Å². The van der Waals surface area contributed by atoms with E-state index in [0.29, 0.717) is 5.92 Å².